The van der Waals surface area contributed by atoms with Crippen LogP contribution < -0.4 is 5.32 Å². The largest absolute Gasteiger partial charge is 0.469 e. The highest BCUT2D eigenvalue weighted by Gasteiger charge is 2.31. The molecule has 26 heavy (non-hydrogen) atoms. The molecule has 1 unspecified atom stereocenters. The maximum absolute atomic E-state index is 12.4. The molecule has 1 aliphatic heterocycles. The second kappa shape index (κ2) is 6.67. The summed E-state index contributed by atoms with van der Waals surface area (Å²) in [6.45, 7) is 2.82. The van der Waals surface area contributed by atoms with Crippen LogP contribution >= 0.6 is 0 Å². The number of rotatable bonds is 4. The van der Waals surface area contributed by atoms with Crippen molar-refractivity contribution in [3.8, 4) is 0 Å². The number of aryl methyl sites for hydroxylation is 1. The Bertz CT molecular complexity index is 971. The van der Waals surface area contributed by atoms with E-state index in [9.17, 15) is 9.59 Å². The number of carbonyl (C=O) groups excluding carboxylic acids is 2. The number of fused-ring (bicyclic) bond motifs is 1. The summed E-state index contributed by atoms with van der Waals surface area (Å²) < 4.78 is 5.17. The van der Waals surface area contributed by atoms with Crippen molar-refractivity contribution in [1.82, 2.24) is 10.2 Å². The average molecular weight is 348 g/mol. The third kappa shape index (κ3) is 3.08. The van der Waals surface area contributed by atoms with E-state index in [-0.39, 0.29) is 17.9 Å². The fourth-order valence-corrected chi connectivity index (χ4v) is 3.54. The van der Waals surface area contributed by atoms with Crippen LogP contribution in [0.25, 0.3) is 10.8 Å². The van der Waals surface area contributed by atoms with E-state index in [2.05, 4.69) is 29.6 Å². The SMILES string of the molecule is Cc1occc1C(=O)NC1CC(=O)N(Cc2cccc3ccccc23)C1. The molecule has 0 radical (unpaired) electrons. The van der Waals surface area contributed by atoms with Crippen LogP contribution in [0.1, 0.15) is 28.1 Å². The molecule has 0 aliphatic carbocycles. The standard InChI is InChI=1S/C21H20N2O3/c1-14-18(9-10-26-14)21(25)22-17-11-20(24)23(13-17)12-16-7-4-6-15-5-2-3-8-19(15)16/h2-10,17H,11-13H2,1H3,(H,22,25). The molecule has 2 aromatic carbocycles. The van der Waals surface area contributed by atoms with Gasteiger partial charge in [-0.15, -0.1) is 0 Å². The van der Waals surface area contributed by atoms with Gasteiger partial charge < -0.3 is 14.6 Å². The van der Waals surface area contributed by atoms with E-state index >= 15 is 0 Å². The summed E-state index contributed by atoms with van der Waals surface area (Å²) in [5.41, 5.74) is 1.64. The van der Waals surface area contributed by atoms with E-state index in [1.54, 1.807) is 13.0 Å². The first-order chi connectivity index (χ1) is 12.6. The summed E-state index contributed by atoms with van der Waals surface area (Å²) in [4.78, 5) is 26.6. The molecule has 4 rings (SSSR count). The van der Waals surface area contributed by atoms with Gasteiger partial charge in [-0.3, -0.25) is 9.59 Å². The van der Waals surface area contributed by atoms with Crippen LogP contribution in [0, 0.1) is 6.92 Å². The molecule has 1 aromatic heterocycles. The molecule has 0 bridgehead atoms. The molecule has 2 amide bonds. The molecule has 3 aromatic rings. The number of furan rings is 1. The van der Waals surface area contributed by atoms with Gasteiger partial charge >= 0.3 is 0 Å². The van der Waals surface area contributed by atoms with Gasteiger partial charge in [0.2, 0.25) is 5.91 Å². The quantitative estimate of drug-likeness (QED) is 0.787. The second-order valence-electron chi connectivity index (χ2n) is 6.68. The molecule has 1 aliphatic rings. The molecule has 1 fully saturated rings. The van der Waals surface area contributed by atoms with E-state index in [1.165, 1.54) is 6.26 Å². The van der Waals surface area contributed by atoms with E-state index in [1.807, 2.05) is 23.1 Å². The van der Waals surface area contributed by atoms with E-state index in [0.717, 1.165) is 16.3 Å². The fourth-order valence-electron chi connectivity index (χ4n) is 3.54. The Morgan fingerprint density at radius 2 is 2.00 bits per heavy atom. The smallest absolute Gasteiger partial charge is 0.255 e. The maximum atomic E-state index is 12.4. The molecule has 1 N–H and O–H groups in total. The maximum Gasteiger partial charge on any atom is 0.255 e. The molecule has 5 heteroatoms. The Labute approximate surface area is 151 Å². The van der Waals surface area contributed by atoms with Gasteiger partial charge in [-0.25, -0.2) is 0 Å². The highest BCUT2D eigenvalue weighted by Crippen LogP contribution is 2.22. The molecule has 0 spiro atoms. The van der Waals surface area contributed by atoms with Gasteiger partial charge in [0.15, 0.2) is 0 Å². The van der Waals surface area contributed by atoms with Gasteiger partial charge in [0.25, 0.3) is 5.91 Å². The lowest BCUT2D eigenvalue weighted by atomic mass is 10.0. The topological polar surface area (TPSA) is 62.6 Å². The summed E-state index contributed by atoms with van der Waals surface area (Å²) in [5.74, 6) is 0.452. The Morgan fingerprint density at radius 3 is 2.81 bits per heavy atom. The summed E-state index contributed by atoms with van der Waals surface area (Å²) in [7, 11) is 0. The normalized spacial score (nSPS) is 17.0. The molecule has 1 atom stereocenters. The van der Waals surface area contributed by atoms with Crippen molar-refractivity contribution in [3.05, 3.63) is 71.7 Å². The van der Waals surface area contributed by atoms with Gasteiger partial charge in [0.1, 0.15) is 5.76 Å². The van der Waals surface area contributed by atoms with Crippen LogP contribution in [0.2, 0.25) is 0 Å². The number of nitrogens with zero attached hydrogens (tertiary/aromatic N) is 1. The molecule has 5 nitrogen and oxygen atoms in total. The predicted octanol–water partition coefficient (Wildman–Crippen LogP) is 3.27. The van der Waals surface area contributed by atoms with Crippen LogP contribution in [0.5, 0.6) is 0 Å². The third-order valence-corrected chi connectivity index (χ3v) is 4.89. The molecule has 0 saturated carbocycles. The first-order valence-electron chi connectivity index (χ1n) is 8.71. The number of hydrogen-bond donors (Lipinski definition) is 1. The zero-order valence-corrected chi connectivity index (χ0v) is 14.6. The molecular formula is C21H20N2O3. The Hall–Kier alpha value is -3.08. The van der Waals surface area contributed by atoms with Gasteiger partial charge in [0, 0.05) is 19.5 Å². The number of likely N-dealkylation sites (tertiary alicyclic amines) is 1. The van der Waals surface area contributed by atoms with Crippen LogP contribution in [0.3, 0.4) is 0 Å². The zero-order chi connectivity index (χ0) is 18.1. The number of carbonyl (C=O) groups is 2. The number of hydrogen-bond acceptors (Lipinski definition) is 3. The lowest BCUT2D eigenvalue weighted by Gasteiger charge is -2.18. The van der Waals surface area contributed by atoms with Crippen LogP contribution in [-0.4, -0.2) is 29.3 Å². The fraction of sp³-hybridized carbons (Fsp3) is 0.238. The predicted molar refractivity (Wildman–Crippen MR) is 98.7 cm³/mol. The highest BCUT2D eigenvalue weighted by molar-refractivity contribution is 5.96. The summed E-state index contributed by atoms with van der Waals surface area (Å²) in [5, 5.41) is 5.26. The Kier molecular flexibility index (Phi) is 4.21. The van der Waals surface area contributed by atoms with Crippen molar-refractivity contribution in [2.45, 2.75) is 25.9 Å². The van der Waals surface area contributed by atoms with Crippen molar-refractivity contribution in [3.63, 3.8) is 0 Å². The summed E-state index contributed by atoms with van der Waals surface area (Å²) in [6.07, 6.45) is 1.82. The number of amides is 2. The van der Waals surface area contributed by atoms with Gasteiger partial charge in [0.05, 0.1) is 17.9 Å². The monoisotopic (exact) mass is 348 g/mol. The first kappa shape index (κ1) is 16.4. The first-order valence-corrected chi connectivity index (χ1v) is 8.71. The molecule has 2 heterocycles. The average Bonchev–Trinajstić information content (AvgIpc) is 3.21. The minimum Gasteiger partial charge on any atom is -0.469 e. The van der Waals surface area contributed by atoms with Crippen molar-refractivity contribution in [2.24, 2.45) is 0 Å². The third-order valence-electron chi connectivity index (χ3n) is 4.89. The Morgan fingerprint density at radius 1 is 1.19 bits per heavy atom. The van der Waals surface area contributed by atoms with E-state index < -0.39 is 0 Å². The second-order valence-corrected chi connectivity index (χ2v) is 6.68. The minimum absolute atomic E-state index is 0.0622. The highest BCUT2D eigenvalue weighted by atomic mass is 16.3. The number of nitrogens with one attached hydrogen (secondary N) is 1. The molecule has 132 valence electrons. The van der Waals surface area contributed by atoms with Crippen LogP contribution in [0.4, 0.5) is 0 Å². The van der Waals surface area contributed by atoms with E-state index in [0.29, 0.717) is 30.8 Å². The van der Waals surface area contributed by atoms with Gasteiger partial charge in [-0.2, -0.15) is 0 Å². The molecule has 1 saturated heterocycles. The Balaban J connectivity index is 1.46. The van der Waals surface area contributed by atoms with Crippen molar-refractivity contribution in [1.29, 1.82) is 0 Å². The summed E-state index contributed by atoms with van der Waals surface area (Å²) in [6, 6.07) is 15.8. The lowest BCUT2D eigenvalue weighted by molar-refractivity contribution is -0.128. The van der Waals surface area contributed by atoms with Crippen LogP contribution in [-0.2, 0) is 11.3 Å². The zero-order valence-electron chi connectivity index (χ0n) is 14.6. The van der Waals surface area contributed by atoms with Gasteiger partial charge in [-0.05, 0) is 29.3 Å². The summed E-state index contributed by atoms with van der Waals surface area (Å²) >= 11 is 0. The van der Waals surface area contributed by atoms with Crippen LogP contribution in [0.15, 0.2) is 59.2 Å². The number of benzene rings is 2. The minimum atomic E-state index is -0.193. The van der Waals surface area contributed by atoms with Crippen molar-refractivity contribution in [2.75, 3.05) is 6.54 Å². The molecular weight excluding hydrogens is 328 g/mol. The lowest BCUT2D eigenvalue weighted by Crippen LogP contribution is -2.37. The van der Waals surface area contributed by atoms with E-state index in [4.69, 9.17) is 4.42 Å². The van der Waals surface area contributed by atoms with Crippen molar-refractivity contribution >= 4 is 22.6 Å². The van der Waals surface area contributed by atoms with Gasteiger partial charge in [-0.1, -0.05) is 42.5 Å². The van der Waals surface area contributed by atoms with Crippen molar-refractivity contribution < 1.29 is 14.0 Å².